The van der Waals surface area contributed by atoms with E-state index in [4.69, 9.17) is 16.3 Å². The van der Waals surface area contributed by atoms with Crippen LogP contribution in [0.4, 0.5) is 0 Å². The Morgan fingerprint density at radius 3 is 2.47 bits per heavy atom. The van der Waals surface area contributed by atoms with Gasteiger partial charge >= 0.3 is 0 Å². The minimum absolute atomic E-state index is 0.102. The van der Waals surface area contributed by atoms with Crippen LogP contribution in [-0.4, -0.2) is 48.4 Å². The smallest absolute Gasteiger partial charge is 0.223 e. The van der Waals surface area contributed by atoms with E-state index in [9.17, 15) is 9.59 Å². The highest BCUT2D eigenvalue weighted by Crippen LogP contribution is 2.37. The fourth-order valence-corrected chi connectivity index (χ4v) is 4.55. The van der Waals surface area contributed by atoms with E-state index < -0.39 is 0 Å². The van der Waals surface area contributed by atoms with Crippen molar-refractivity contribution in [3.8, 4) is 5.75 Å². The summed E-state index contributed by atoms with van der Waals surface area (Å²) in [4.78, 5) is 29.6. The number of piperidine rings is 1. The number of hydrogen-bond acceptors (Lipinski definition) is 3. The largest absolute Gasteiger partial charge is 0.493 e. The van der Waals surface area contributed by atoms with Crippen molar-refractivity contribution in [1.29, 1.82) is 0 Å². The quantitative estimate of drug-likeness (QED) is 0.423. The zero-order valence-corrected chi connectivity index (χ0v) is 21.4. The second-order valence-corrected chi connectivity index (χ2v) is 10.0. The summed E-state index contributed by atoms with van der Waals surface area (Å²) in [6.45, 7) is 6.41. The Hall–Kier alpha value is -2.53. The average Bonchev–Trinajstić information content (AvgIpc) is 2.84. The van der Waals surface area contributed by atoms with Gasteiger partial charge in [0.1, 0.15) is 5.75 Å². The maximum atomic E-state index is 13.3. The minimum atomic E-state index is -0.308. The second-order valence-electron chi connectivity index (χ2n) is 9.60. The van der Waals surface area contributed by atoms with Gasteiger partial charge in [0.25, 0.3) is 0 Å². The Morgan fingerprint density at radius 1 is 1.12 bits per heavy atom. The van der Waals surface area contributed by atoms with Gasteiger partial charge in [-0.25, -0.2) is 0 Å². The van der Waals surface area contributed by atoms with Crippen LogP contribution in [0.3, 0.4) is 0 Å². The fraction of sp³-hybridized carbons (Fsp3) is 0.500. The number of halogens is 1. The number of amides is 2. The highest BCUT2D eigenvalue weighted by molar-refractivity contribution is 6.31. The molecule has 5 nitrogen and oxygen atoms in total. The number of hydrogen-bond donors (Lipinski definition) is 0. The number of nitrogens with zero attached hydrogens (tertiary/aromatic N) is 2. The van der Waals surface area contributed by atoms with Crippen molar-refractivity contribution in [2.75, 3.05) is 26.7 Å². The molecule has 2 amide bonds. The SMILES string of the molecule is CCCCC(=O)N1CCC(COc2ccc(Cl)c(C)c2)(CC(=O)N(C)Cc2ccccc2)CC1. The molecule has 1 aliphatic heterocycles. The molecule has 0 spiro atoms. The normalized spacial score (nSPS) is 15.1. The molecule has 2 aromatic carbocycles. The third kappa shape index (κ3) is 7.23. The molecule has 1 heterocycles. The Balaban J connectivity index is 1.68. The van der Waals surface area contributed by atoms with Gasteiger partial charge in [0.2, 0.25) is 11.8 Å². The van der Waals surface area contributed by atoms with Crippen LogP contribution < -0.4 is 4.74 Å². The third-order valence-corrected chi connectivity index (χ3v) is 7.23. The van der Waals surface area contributed by atoms with Gasteiger partial charge in [0.05, 0.1) is 6.61 Å². The van der Waals surface area contributed by atoms with E-state index in [2.05, 4.69) is 6.92 Å². The van der Waals surface area contributed by atoms with Crippen LogP contribution in [0, 0.1) is 12.3 Å². The summed E-state index contributed by atoms with van der Waals surface area (Å²) in [5.74, 6) is 1.08. The maximum absolute atomic E-state index is 13.3. The number of aryl methyl sites for hydroxylation is 1. The van der Waals surface area contributed by atoms with E-state index in [-0.39, 0.29) is 17.2 Å². The van der Waals surface area contributed by atoms with E-state index in [1.165, 1.54) is 0 Å². The molecule has 1 saturated heterocycles. The molecule has 0 aromatic heterocycles. The van der Waals surface area contributed by atoms with E-state index in [0.29, 0.717) is 44.1 Å². The van der Waals surface area contributed by atoms with Crippen molar-refractivity contribution >= 4 is 23.4 Å². The van der Waals surface area contributed by atoms with Crippen LogP contribution in [0.1, 0.15) is 56.6 Å². The van der Waals surface area contributed by atoms with Crippen molar-refractivity contribution in [2.24, 2.45) is 5.41 Å². The Bertz CT molecular complexity index is 955. The lowest BCUT2D eigenvalue weighted by Gasteiger charge is -2.42. The summed E-state index contributed by atoms with van der Waals surface area (Å²) in [5.41, 5.74) is 1.76. The van der Waals surface area contributed by atoms with Crippen LogP contribution >= 0.6 is 11.6 Å². The number of carbonyl (C=O) groups excluding carboxylic acids is 2. The van der Waals surface area contributed by atoms with Gasteiger partial charge in [-0.15, -0.1) is 0 Å². The summed E-state index contributed by atoms with van der Waals surface area (Å²) in [7, 11) is 1.86. The summed E-state index contributed by atoms with van der Waals surface area (Å²) < 4.78 is 6.21. The molecular weight excluding hydrogens is 448 g/mol. The van der Waals surface area contributed by atoms with Gasteiger partial charge in [-0.05, 0) is 55.5 Å². The average molecular weight is 485 g/mol. The topological polar surface area (TPSA) is 49.9 Å². The standard InChI is InChI=1S/C28H37ClN2O3/c1-4-5-11-26(32)31-16-14-28(15-17-31,21-34-24-12-13-25(29)22(2)18-24)19-27(33)30(3)20-23-9-7-6-8-10-23/h6-10,12-13,18H,4-5,11,14-17,19-21H2,1-3H3. The van der Waals surface area contributed by atoms with E-state index in [0.717, 1.165) is 42.6 Å². The zero-order chi connectivity index (χ0) is 24.6. The van der Waals surface area contributed by atoms with E-state index in [1.807, 2.05) is 67.4 Å². The van der Waals surface area contributed by atoms with Crippen LogP contribution in [0.2, 0.25) is 5.02 Å². The Morgan fingerprint density at radius 2 is 1.82 bits per heavy atom. The monoisotopic (exact) mass is 484 g/mol. The lowest BCUT2D eigenvalue weighted by Crippen LogP contribution is -2.47. The minimum Gasteiger partial charge on any atom is -0.493 e. The Kier molecular flexibility index (Phi) is 9.40. The fourth-order valence-electron chi connectivity index (χ4n) is 4.43. The molecule has 184 valence electrons. The summed E-state index contributed by atoms with van der Waals surface area (Å²) in [5, 5.41) is 0.707. The van der Waals surface area contributed by atoms with Crippen molar-refractivity contribution in [3.05, 3.63) is 64.7 Å². The molecule has 3 rings (SSSR count). The number of benzene rings is 2. The Labute approximate surface area is 209 Å². The third-order valence-electron chi connectivity index (χ3n) is 6.81. The first-order chi connectivity index (χ1) is 16.3. The van der Waals surface area contributed by atoms with Gasteiger partial charge in [-0.3, -0.25) is 9.59 Å². The van der Waals surface area contributed by atoms with E-state index in [1.54, 1.807) is 4.90 Å². The number of likely N-dealkylation sites (tertiary alicyclic amines) is 1. The molecule has 1 aliphatic rings. The molecule has 34 heavy (non-hydrogen) atoms. The molecule has 6 heteroatoms. The number of carbonyl (C=O) groups is 2. The molecule has 2 aromatic rings. The first-order valence-corrected chi connectivity index (χ1v) is 12.6. The lowest BCUT2D eigenvalue weighted by atomic mass is 9.75. The van der Waals surface area contributed by atoms with Gasteiger partial charge in [0, 0.05) is 50.0 Å². The van der Waals surface area contributed by atoms with Crippen molar-refractivity contribution < 1.29 is 14.3 Å². The van der Waals surface area contributed by atoms with E-state index >= 15 is 0 Å². The van der Waals surface area contributed by atoms with Gasteiger partial charge < -0.3 is 14.5 Å². The highest BCUT2D eigenvalue weighted by atomic mass is 35.5. The van der Waals surface area contributed by atoms with Crippen molar-refractivity contribution in [2.45, 2.75) is 58.9 Å². The molecule has 0 N–H and O–H groups in total. The van der Waals surface area contributed by atoms with Crippen LogP contribution in [0.15, 0.2) is 48.5 Å². The summed E-state index contributed by atoms with van der Waals surface area (Å²) in [6.07, 6.45) is 4.44. The summed E-state index contributed by atoms with van der Waals surface area (Å²) >= 11 is 6.17. The van der Waals surface area contributed by atoms with Gasteiger partial charge in [0.15, 0.2) is 0 Å². The molecule has 0 radical (unpaired) electrons. The second kappa shape index (κ2) is 12.3. The van der Waals surface area contributed by atoms with Crippen molar-refractivity contribution in [3.63, 3.8) is 0 Å². The van der Waals surface area contributed by atoms with Crippen LogP contribution in [-0.2, 0) is 16.1 Å². The summed E-state index contributed by atoms with van der Waals surface area (Å²) in [6, 6.07) is 15.7. The predicted molar refractivity (Wildman–Crippen MR) is 137 cm³/mol. The van der Waals surface area contributed by atoms with Crippen molar-refractivity contribution in [1.82, 2.24) is 9.80 Å². The number of ether oxygens (including phenoxy) is 1. The van der Waals surface area contributed by atoms with Crippen LogP contribution in [0.25, 0.3) is 0 Å². The number of unbranched alkanes of at least 4 members (excludes halogenated alkanes) is 1. The highest BCUT2D eigenvalue weighted by Gasteiger charge is 2.39. The first kappa shape index (κ1) is 26.1. The maximum Gasteiger partial charge on any atom is 0.223 e. The zero-order valence-electron chi connectivity index (χ0n) is 20.7. The van der Waals surface area contributed by atoms with Crippen LogP contribution in [0.5, 0.6) is 5.75 Å². The molecule has 0 bridgehead atoms. The predicted octanol–water partition coefficient (Wildman–Crippen LogP) is 5.87. The van der Waals surface area contributed by atoms with Gasteiger partial charge in [-0.2, -0.15) is 0 Å². The molecule has 0 atom stereocenters. The molecule has 0 saturated carbocycles. The lowest BCUT2D eigenvalue weighted by molar-refractivity contribution is -0.137. The molecule has 0 aliphatic carbocycles. The number of rotatable bonds is 10. The molecular formula is C28H37ClN2O3. The first-order valence-electron chi connectivity index (χ1n) is 12.3. The molecule has 1 fully saturated rings. The molecule has 0 unspecified atom stereocenters. The van der Waals surface area contributed by atoms with Gasteiger partial charge in [-0.1, -0.05) is 55.3 Å².